The third-order valence-electron chi connectivity index (χ3n) is 4.75. The SMILES string of the molecule is O=c1n(Cc2ccc(F)cc2)nc2n1-c1ccccc1C1=NCCCN12. The van der Waals surface area contributed by atoms with Crippen molar-refractivity contribution in [3.63, 3.8) is 0 Å². The van der Waals surface area contributed by atoms with Crippen molar-refractivity contribution in [2.75, 3.05) is 18.0 Å². The van der Waals surface area contributed by atoms with Gasteiger partial charge in [-0.15, -0.1) is 5.10 Å². The van der Waals surface area contributed by atoms with E-state index in [4.69, 9.17) is 0 Å². The molecule has 3 heterocycles. The third kappa shape index (κ3) is 2.20. The number of amidine groups is 1. The van der Waals surface area contributed by atoms with Crippen LogP contribution in [0.15, 0.2) is 58.3 Å². The average Bonchev–Trinajstić information content (AvgIpc) is 3.01. The van der Waals surface area contributed by atoms with Crippen molar-refractivity contribution < 1.29 is 4.39 Å². The number of fused-ring (bicyclic) bond motifs is 6. The van der Waals surface area contributed by atoms with E-state index < -0.39 is 0 Å². The van der Waals surface area contributed by atoms with Gasteiger partial charge in [0, 0.05) is 18.7 Å². The molecule has 0 fully saturated rings. The Labute approximate surface area is 148 Å². The topological polar surface area (TPSA) is 55.4 Å². The van der Waals surface area contributed by atoms with Crippen molar-refractivity contribution >= 4 is 11.8 Å². The van der Waals surface area contributed by atoms with Gasteiger partial charge in [0.2, 0.25) is 5.95 Å². The number of nitrogens with zero attached hydrogens (tertiary/aromatic N) is 5. The number of benzene rings is 2. The molecule has 0 bridgehead atoms. The fourth-order valence-electron chi connectivity index (χ4n) is 3.54. The van der Waals surface area contributed by atoms with Crippen LogP contribution in [0.1, 0.15) is 17.5 Å². The van der Waals surface area contributed by atoms with Crippen LogP contribution in [0.5, 0.6) is 0 Å². The summed E-state index contributed by atoms with van der Waals surface area (Å²) in [7, 11) is 0. The summed E-state index contributed by atoms with van der Waals surface area (Å²) >= 11 is 0. The minimum Gasteiger partial charge on any atom is -0.294 e. The average molecular weight is 349 g/mol. The summed E-state index contributed by atoms with van der Waals surface area (Å²) in [5.74, 6) is 1.17. The summed E-state index contributed by atoms with van der Waals surface area (Å²) in [5.41, 5.74) is 2.36. The highest BCUT2D eigenvalue weighted by Gasteiger charge is 2.33. The Kier molecular flexibility index (Phi) is 3.28. The number of halogens is 1. The fraction of sp³-hybridized carbons (Fsp3) is 0.211. The van der Waals surface area contributed by atoms with E-state index in [2.05, 4.69) is 10.1 Å². The van der Waals surface area contributed by atoms with Gasteiger partial charge >= 0.3 is 5.69 Å². The molecule has 26 heavy (non-hydrogen) atoms. The molecule has 130 valence electrons. The second kappa shape index (κ2) is 5.66. The van der Waals surface area contributed by atoms with Crippen molar-refractivity contribution in [3.05, 3.63) is 76.0 Å². The highest BCUT2D eigenvalue weighted by molar-refractivity contribution is 6.13. The molecule has 2 aliphatic heterocycles. The van der Waals surface area contributed by atoms with Crippen LogP contribution in [-0.2, 0) is 6.54 Å². The number of aliphatic imine (C=N–C) groups is 1. The lowest BCUT2D eigenvalue weighted by molar-refractivity contribution is 0.621. The molecule has 0 saturated carbocycles. The van der Waals surface area contributed by atoms with Gasteiger partial charge in [-0.25, -0.2) is 18.4 Å². The Balaban J connectivity index is 1.67. The van der Waals surface area contributed by atoms with Crippen LogP contribution in [0.4, 0.5) is 10.3 Å². The summed E-state index contributed by atoms with van der Waals surface area (Å²) < 4.78 is 16.2. The molecule has 0 amide bonds. The van der Waals surface area contributed by atoms with E-state index in [-0.39, 0.29) is 11.5 Å². The van der Waals surface area contributed by atoms with Crippen molar-refractivity contribution in [2.45, 2.75) is 13.0 Å². The second-order valence-electron chi connectivity index (χ2n) is 6.43. The molecule has 7 heteroatoms. The Hall–Kier alpha value is -3.22. The van der Waals surface area contributed by atoms with E-state index in [1.54, 1.807) is 16.7 Å². The highest BCUT2D eigenvalue weighted by Crippen LogP contribution is 2.29. The second-order valence-corrected chi connectivity index (χ2v) is 6.43. The Morgan fingerprint density at radius 3 is 2.73 bits per heavy atom. The van der Waals surface area contributed by atoms with Crippen LogP contribution in [0.3, 0.4) is 0 Å². The molecule has 0 spiro atoms. The predicted octanol–water partition coefficient (Wildman–Crippen LogP) is 2.19. The molecule has 2 aliphatic rings. The van der Waals surface area contributed by atoms with Gasteiger partial charge in [0.15, 0.2) is 0 Å². The quantitative estimate of drug-likeness (QED) is 0.713. The van der Waals surface area contributed by atoms with E-state index in [0.29, 0.717) is 12.5 Å². The summed E-state index contributed by atoms with van der Waals surface area (Å²) in [6, 6.07) is 13.9. The zero-order valence-electron chi connectivity index (χ0n) is 14.0. The molecule has 3 aromatic rings. The molecule has 0 radical (unpaired) electrons. The van der Waals surface area contributed by atoms with E-state index in [1.165, 1.54) is 16.8 Å². The molecule has 0 unspecified atom stereocenters. The normalized spacial score (nSPS) is 15.1. The minimum atomic E-state index is -0.298. The van der Waals surface area contributed by atoms with Crippen molar-refractivity contribution in [2.24, 2.45) is 4.99 Å². The Morgan fingerprint density at radius 1 is 1.08 bits per heavy atom. The molecule has 5 rings (SSSR count). The number of hydrogen-bond acceptors (Lipinski definition) is 4. The minimum absolute atomic E-state index is 0.207. The summed E-state index contributed by atoms with van der Waals surface area (Å²) in [5, 5.41) is 4.57. The molecule has 0 N–H and O–H groups in total. The van der Waals surface area contributed by atoms with Crippen molar-refractivity contribution in [3.8, 4) is 5.69 Å². The van der Waals surface area contributed by atoms with E-state index >= 15 is 0 Å². The molecular weight excluding hydrogens is 333 g/mol. The van der Waals surface area contributed by atoms with E-state index in [1.807, 2.05) is 29.2 Å². The number of aromatic nitrogens is 3. The molecule has 0 atom stereocenters. The number of rotatable bonds is 2. The van der Waals surface area contributed by atoms with Gasteiger partial charge in [0.05, 0.1) is 12.2 Å². The van der Waals surface area contributed by atoms with Gasteiger partial charge in [-0.2, -0.15) is 0 Å². The lowest BCUT2D eigenvalue weighted by atomic mass is 10.1. The van der Waals surface area contributed by atoms with Crippen LogP contribution in [0.2, 0.25) is 0 Å². The first-order valence-corrected chi connectivity index (χ1v) is 8.58. The summed E-state index contributed by atoms with van der Waals surface area (Å²) in [4.78, 5) is 19.7. The molecule has 2 aromatic carbocycles. The summed E-state index contributed by atoms with van der Waals surface area (Å²) in [6.07, 6.45) is 0.921. The molecule has 0 saturated heterocycles. The molecular formula is C19H16FN5O. The maximum atomic E-state index is 13.1. The first-order chi connectivity index (χ1) is 12.7. The van der Waals surface area contributed by atoms with Gasteiger partial charge in [-0.1, -0.05) is 24.3 Å². The number of para-hydroxylation sites is 1. The fourth-order valence-corrected chi connectivity index (χ4v) is 3.54. The summed E-state index contributed by atoms with van der Waals surface area (Å²) in [6.45, 7) is 1.85. The van der Waals surface area contributed by atoms with Crippen LogP contribution < -0.4 is 10.6 Å². The zero-order chi connectivity index (χ0) is 17.7. The molecule has 0 aliphatic carbocycles. The van der Waals surface area contributed by atoms with Crippen LogP contribution in [0.25, 0.3) is 5.69 Å². The number of anilines is 1. The molecule has 6 nitrogen and oxygen atoms in total. The standard InChI is InChI=1S/C19H16FN5O/c20-14-8-6-13(7-9-14)12-24-19(26)25-16-5-2-1-4-15(16)17-21-10-3-11-23(17)18(25)22-24/h1-2,4-9H,3,10-12H2. The molecule has 1 aromatic heterocycles. The highest BCUT2D eigenvalue weighted by atomic mass is 19.1. The monoisotopic (exact) mass is 349 g/mol. The van der Waals surface area contributed by atoms with E-state index in [9.17, 15) is 9.18 Å². The maximum Gasteiger partial charge on any atom is 0.352 e. The van der Waals surface area contributed by atoms with Crippen molar-refractivity contribution in [1.82, 2.24) is 14.3 Å². The van der Waals surface area contributed by atoms with Gasteiger partial charge in [0.25, 0.3) is 0 Å². The Morgan fingerprint density at radius 2 is 1.88 bits per heavy atom. The van der Waals surface area contributed by atoms with Crippen molar-refractivity contribution in [1.29, 1.82) is 0 Å². The maximum absolute atomic E-state index is 13.1. The largest absolute Gasteiger partial charge is 0.352 e. The van der Waals surface area contributed by atoms with Gasteiger partial charge < -0.3 is 0 Å². The van der Waals surface area contributed by atoms with Crippen LogP contribution in [0, 0.1) is 5.82 Å². The zero-order valence-corrected chi connectivity index (χ0v) is 14.0. The van der Waals surface area contributed by atoms with Gasteiger partial charge in [-0.3, -0.25) is 9.89 Å². The van der Waals surface area contributed by atoms with E-state index in [0.717, 1.165) is 42.2 Å². The van der Waals surface area contributed by atoms with Crippen LogP contribution >= 0.6 is 0 Å². The predicted molar refractivity (Wildman–Crippen MR) is 96.7 cm³/mol. The van der Waals surface area contributed by atoms with Crippen LogP contribution in [-0.4, -0.2) is 33.3 Å². The first-order valence-electron chi connectivity index (χ1n) is 8.58. The van der Waals surface area contributed by atoms with Gasteiger partial charge in [-0.05, 0) is 36.2 Å². The third-order valence-corrected chi connectivity index (χ3v) is 4.75. The first kappa shape index (κ1) is 15.1. The smallest absolute Gasteiger partial charge is 0.294 e. The Bertz CT molecular complexity index is 1080. The lowest BCUT2D eigenvalue weighted by Crippen LogP contribution is -2.42. The van der Waals surface area contributed by atoms with Gasteiger partial charge in [0.1, 0.15) is 11.7 Å². The number of hydrogen-bond donors (Lipinski definition) is 0. The lowest BCUT2D eigenvalue weighted by Gasteiger charge is -2.33.